The van der Waals surface area contributed by atoms with Gasteiger partial charge in [-0.15, -0.1) is 0 Å². The summed E-state index contributed by atoms with van der Waals surface area (Å²) in [5.74, 6) is -1.33. The van der Waals surface area contributed by atoms with Crippen LogP contribution in [0.2, 0.25) is 0 Å². The van der Waals surface area contributed by atoms with Gasteiger partial charge >= 0.3 is 12.1 Å². The number of halogens is 3. The maximum absolute atomic E-state index is 12.8. The summed E-state index contributed by atoms with van der Waals surface area (Å²) in [5, 5.41) is 9.20. The van der Waals surface area contributed by atoms with E-state index in [-0.39, 0.29) is 23.9 Å². The summed E-state index contributed by atoms with van der Waals surface area (Å²) in [4.78, 5) is 11.2. The fourth-order valence-corrected chi connectivity index (χ4v) is 6.68. The molecule has 1 saturated carbocycles. The Morgan fingerprint density at radius 2 is 1.85 bits per heavy atom. The second-order valence-electron chi connectivity index (χ2n) is 7.70. The normalized spacial score (nSPS) is 32.4. The SMILES string of the molecule is O=C(O)c1ccc2c(c1)CC1CCC(C2)C12CN(CC(F)(F)F)S(=O)(=O)N2. The van der Waals surface area contributed by atoms with E-state index in [9.17, 15) is 31.5 Å². The highest BCUT2D eigenvalue weighted by Gasteiger charge is 2.60. The van der Waals surface area contributed by atoms with Crippen LogP contribution < -0.4 is 4.72 Å². The van der Waals surface area contributed by atoms with Crippen LogP contribution in [0.3, 0.4) is 0 Å². The van der Waals surface area contributed by atoms with Gasteiger partial charge in [-0.3, -0.25) is 0 Å². The predicted octanol–water partition coefficient (Wildman–Crippen LogP) is 1.96. The highest BCUT2D eigenvalue weighted by atomic mass is 32.2. The molecule has 3 aliphatic rings. The minimum absolute atomic E-state index is 0.118. The van der Waals surface area contributed by atoms with Crippen molar-refractivity contribution in [3.8, 4) is 0 Å². The topological polar surface area (TPSA) is 86.7 Å². The molecule has 1 spiro atoms. The maximum atomic E-state index is 12.8. The van der Waals surface area contributed by atoms with E-state index in [1.165, 1.54) is 6.07 Å². The summed E-state index contributed by atoms with van der Waals surface area (Å²) < 4.78 is 66.4. The lowest BCUT2D eigenvalue weighted by molar-refractivity contribution is -0.136. The third-order valence-electron chi connectivity index (χ3n) is 6.16. The van der Waals surface area contributed by atoms with Gasteiger partial charge in [0.2, 0.25) is 0 Å². The number of carbonyl (C=O) groups is 1. The fraction of sp³-hybridized carbons (Fsp3) is 0.588. The van der Waals surface area contributed by atoms with Crippen LogP contribution in [-0.4, -0.2) is 48.6 Å². The van der Waals surface area contributed by atoms with Crippen LogP contribution >= 0.6 is 0 Å². The molecule has 0 radical (unpaired) electrons. The number of hydrogen-bond acceptors (Lipinski definition) is 3. The van der Waals surface area contributed by atoms with E-state index in [1.807, 2.05) is 0 Å². The van der Waals surface area contributed by atoms with E-state index in [0.717, 1.165) is 17.5 Å². The zero-order valence-corrected chi connectivity index (χ0v) is 15.1. The average molecular weight is 404 g/mol. The lowest BCUT2D eigenvalue weighted by Crippen LogP contribution is -2.52. The molecule has 2 bridgehead atoms. The van der Waals surface area contributed by atoms with Crippen molar-refractivity contribution in [2.24, 2.45) is 11.8 Å². The van der Waals surface area contributed by atoms with Gasteiger partial charge in [-0.2, -0.15) is 30.6 Å². The molecule has 3 unspecified atom stereocenters. The number of aromatic carboxylic acids is 1. The number of alkyl halides is 3. The molecule has 10 heteroatoms. The van der Waals surface area contributed by atoms with Crippen molar-refractivity contribution < 1.29 is 31.5 Å². The molecular weight excluding hydrogens is 385 g/mol. The number of hydrogen-bond donors (Lipinski definition) is 2. The van der Waals surface area contributed by atoms with Gasteiger partial charge in [0, 0.05) is 6.54 Å². The molecule has 1 heterocycles. The third-order valence-corrected chi connectivity index (χ3v) is 7.74. The zero-order valence-electron chi connectivity index (χ0n) is 14.3. The number of fused-ring (bicyclic) bond motifs is 1. The minimum atomic E-state index is -4.61. The van der Waals surface area contributed by atoms with Gasteiger partial charge in [0.05, 0.1) is 11.1 Å². The Labute approximate surface area is 154 Å². The number of carboxylic acids is 1. The van der Waals surface area contributed by atoms with Crippen LogP contribution in [0.5, 0.6) is 0 Å². The van der Waals surface area contributed by atoms with Crippen molar-refractivity contribution in [1.82, 2.24) is 9.03 Å². The van der Waals surface area contributed by atoms with Crippen molar-refractivity contribution >= 4 is 16.2 Å². The van der Waals surface area contributed by atoms with Gasteiger partial charge in [-0.25, -0.2) is 4.79 Å². The number of nitrogens with one attached hydrogen (secondary N) is 1. The number of rotatable bonds is 2. The van der Waals surface area contributed by atoms with Crippen molar-refractivity contribution in [2.45, 2.75) is 37.4 Å². The molecule has 2 fully saturated rings. The number of carboxylic acid groups (broad SMARTS) is 1. The Bertz CT molecular complexity index is 902. The first-order chi connectivity index (χ1) is 12.5. The summed E-state index contributed by atoms with van der Waals surface area (Å²) in [6, 6.07) is 4.86. The van der Waals surface area contributed by atoms with E-state index in [1.54, 1.807) is 12.1 Å². The second-order valence-corrected chi connectivity index (χ2v) is 9.37. The molecule has 0 aromatic heterocycles. The van der Waals surface area contributed by atoms with E-state index in [2.05, 4.69) is 4.72 Å². The molecule has 2 aliphatic carbocycles. The van der Waals surface area contributed by atoms with E-state index in [4.69, 9.17) is 0 Å². The largest absolute Gasteiger partial charge is 0.478 e. The van der Waals surface area contributed by atoms with Crippen molar-refractivity contribution in [2.75, 3.05) is 13.1 Å². The molecular formula is C17H19F3N2O4S. The van der Waals surface area contributed by atoms with E-state index < -0.39 is 34.4 Å². The van der Waals surface area contributed by atoms with Crippen LogP contribution in [0.1, 0.15) is 34.3 Å². The highest BCUT2D eigenvalue weighted by molar-refractivity contribution is 7.87. The Morgan fingerprint density at radius 3 is 2.44 bits per heavy atom. The molecule has 1 saturated heterocycles. The Hall–Kier alpha value is -1.65. The average Bonchev–Trinajstić information content (AvgIpc) is 2.90. The molecule has 1 aromatic carbocycles. The van der Waals surface area contributed by atoms with Crippen LogP contribution in [-0.2, 0) is 23.1 Å². The fourth-order valence-electron chi connectivity index (χ4n) is 4.98. The van der Waals surface area contributed by atoms with Crippen LogP contribution in [0.25, 0.3) is 0 Å². The first-order valence-electron chi connectivity index (χ1n) is 8.71. The molecule has 4 rings (SSSR count). The highest BCUT2D eigenvalue weighted by Crippen LogP contribution is 2.50. The van der Waals surface area contributed by atoms with Gasteiger partial charge in [0.15, 0.2) is 0 Å². The standard InChI is InChI=1S/C17H19F3N2O4S/c18-17(19,20)9-22-8-16(21-27(22,25)26)13-3-4-14(16)7-12-5-11(15(23)24)2-1-10(12)6-13/h1-2,5,13-14,21H,3-4,6-9H2,(H,23,24). The van der Waals surface area contributed by atoms with Gasteiger partial charge < -0.3 is 5.11 Å². The molecule has 6 nitrogen and oxygen atoms in total. The second kappa shape index (κ2) is 5.92. The molecule has 0 amide bonds. The van der Waals surface area contributed by atoms with Gasteiger partial charge in [0.1, 0.15) is 6.54 Å². The number of nitrogens with zero attached hydrogens (tertiary/aromatic N) is 1. The summed E-state index contributed by atoms with van der Waals surface area (Å²) in [6.45, 7) is -1.70. The monoisotopic (exact) mass is 404 g/mol. The van der Waals surface area contributed by atoms with Crippen LogP contribution in [0.4, 0.5) is 13.2 Å². The smallest absolute Gasteiger partial charge is 0.402 e. The lowest BCUT2D eigenvalue weighted by Gasteiger charge is -2.33. The molecule has 148 valence electrons. The summed E-state index contributed by atoms with van der Waals surface area (Å²) >= 11 is 0. The van der Waals surface area contributed by atoms with Crippen molar-refractivity contribution in [3.63, 3.8) is 0 Å². The first kappa shape index (κ1) is 18.7. The summed E-state index contributed by atoms with van der Waals surface area (Å²) in [6.07, 6.45) is -2.20. The van der Waals surface area contributed by atoms with E-state index in [0.29, 0.717) is 23.6 Å². The predicted molar refractivity (Wildman–Crippen MR) is 89.4 cm³/mol. The van der Waals surface area contributed by atoms with Crippen molar-refractivity contribution in [1.29, 1.82) is 0 Å². The lowest BCUT2D eigenvalue weighted by atomic mass is 9.79. The quantitative estimate of drug-likeness (QED) is 0.789. The molecule has 1 aromatic rings. The van der Waals surface area contributed by atoms with Crippen LogP contribution in [0, 0.1) is 11.8 Å². The third kappa shape index (κ3) is 3.13. The summed E-state index contributed by atoms with van der Waals surface area (Å²) in [5.41, 5.74) is 1.01. The molecule has 27 heavy (non-hydrogen) atoms. The van der Waals surface area contributed by atoms with Crippen molar-refractivity contribution in [3.05, 3.63) is 34.9 Å². The van der Waals surface area contributed by atoms with E-state index >= 15 is 0 Å². The Morgan fingerprint density at radius 1 is 1.22 bits per heavy atom. The van der Waals surface area contributed by atoms with Gasteiger partial charge in [0.25, 0.3) is 10.2 Å². The minimum Gasteiger partial charge on any atom is -0.478 e. The summed E-state index contributed by atoms with van der Waals surface area (Å²) in [7, 11) is -4.21. The number of benzene rings is 1. The maximum Gasteiger partial charge on any atom is 0.402 e. The van der Waals surface area contributed by atoms with Gasteiger partial charge in [-0.05, 0) is 60.8 Å². The molecule has 3 atom stereocenters. The first-order valence-corrected chi connectivity index (χ1v) is 10.1. The van der Waals surface area contributed by atoms with Gasteiger partial charge in [-0.1, -0.05) is 6.07 Å². The Kier molecular flexibility index (Phi) is 4.10. The Balaban J connectivity index is 1.69. The van der Waals surface area contributed by atoms with Crippen LogP contribution in [0.15, 0.2) is 18.2 Å². The molecule has 1 aliphatic heterocycles. The molecule has 2 N–H and O–H groups in total. The zero-order chi connectivity index (χ0) is 19.6.